The number of carbonyl (C=O) groups is 1. The van der Waals surface area contributed by atoms with Gasteiger partial charge in [-0.2, -0.15) is 21.6 Å². The van der Waals surface area contributed by atoms with Gasteiger partial charge in [0.2, 0.25) is 0 Å². The second-order valence-electron chi connectivity index (χ2n) is 11.1. The lowest BCUT2D eigenvalue weighted by Gasteiger charge is -2.48. The van der Waals surface area contributed by atoms with Crippen LogP contribution in [-0.4, -0.2) is 131 Å². The minimum absolute atomic E-state index is 0.915. The van der Waals surface area contributed by atoms with E-state index in [1.54, 1.807) is 25.5 Å². The molecule has 2 aliphatic heterocycles. The summed E-state index contributed by atoms with van der Waals surface area (Å²) in [7, 11) is -10.3. The molecule has 0 spiro atoms. The van der Waals surface area contributed by atoms with Gasteiger partial charge in [0.25, 0.3) is 0 Å². The summed E-state index contributed by atoms with van der Waals surface area (Å²) in [6, 6.07) is -1.80. The summed E-state index contributed by atoms with van der Waals surface area (Å²) in [5.74, 6) is -1.68. The van der Waals surface area contributed by atoms with Gasteiger partial charge >= 0.3 is 26.7 Å². The van der Waals surface area contributed by atoms with Crippen molar-refractivity contribution < 1.29 is 79.0 Å². The standard InChI is InChI=1S/C20H37NO17S2/c1-19(2,3)36-13-11(24)14(38-40(30,31)32)18(35-15(13)16(25)26)34-12-8(7-22)33-17(37-20(4,5)6)9(10(12)23)21-39(27,28)29/h8-15,17-18,21-24H,7H2,1-6H3,(H,25,26)(H,27,28,29)(H,30,31,32)/t8?,9?,10-,11+,12+,13-,14?,15?,17+,18+/m0/s1. The van der Waals surface area contributed by atoms with Gasteiger partial charge in [-0.15, -0.1) is 0 Å². The number of rotatable bonds is 10. The van der Waals surface area contributed by atoms with Crippen molar-refractivity contribution in [2.24, 2.45) is 0 Å². The molecular weight excluding hydrogens is 590 g/mol. The van der Waals surface area contributed by atoms with Crippen LogP contribution in [0.25, 0.3) is 0 Å². The van der Waals surface area contributed by atoms with E-state index in [2.05, 4.69) is 4.18 Å². The molecule has 0 bridgehead atoms. The number of aliphatic hydroxyl groups excluding tert-OH is 3. The van der Waals surface area contributed by atoms with Crippen molar-refractivity contribution in [2.75, 3.05) is 6.61 Å². The Morgan fingerprint density at radius 3 is 1.82 bits per heavy atom. The molecule has 0 aromatic heterocycles. The van der Waals surface area contributed by atoms with Gasteiger partial charge in [-0.3, -0.25) is 9.11 Å². The second kappa shape index (κ2) is 12.6. The highest BCUT2D eigenvalue weighted by Crippen LogP contribution is 2.34. The van der Waals surface area contributed by atoms with E-state index in [4.69, 9.17) is 23.7 Å². The van der Waals surface area contributed by atoms with Crippen LogP contribution in [0.2, 0.25) is 0 Å². The van der Waals surface area contributed by atoms with Gasteiger partial charge in [-0.25, -0.2) is 8.98 Å². The third kappa shape index (κ3) is 10.0. The van der Waals surface area contributed by atoms with E-state index in [1.807, 2.05) is 0 Å². The molecule has 0 aromatic rings. The third-order valence-corrected chi connectivity index (χ3v) is 6.42. The summed E-state index contributed by atoms with van der Waals surface area (Å²) in [5.41, 5.74) is -2.09. The number of aliphatic hydroxyl groups is 3. The summed E-state index contributed by atoms with van der Waals surface area (Å²) in [6.45, 7) is 8.25. The first-order valence-corrected chi connectivity index (χ1v) is 14.7. The second-order valence-corrected chi connectivity index (χ2v) is 13.3. The van der Waals surface area contributed by atoms with E-state index in [0.29, 0.717) is 0 Å². The lowest BCUT2D eigenvalue weighted by Crippen LogP contribution is -2.69. The molecule has 10 atom stereocenters. The minimum Gasteiger partial charge on any atom is -0.479 e. The predicted molar refractivity (Wildman–Crippen MR) is 129 cm³/mol. The lowest BCUT2D eigenvalue weighted by molar-refractivity contribution is -0.351. The Morgan fingerprint density at radius 2 is 1.40 bits per heavy atom. The van der Waals surface area contributed by atoms with Crippen molar-refractivity contribution in [3.05, 3.63) is 0 Å². The monoisotopic (exact) mass is 627 g/mol. The highest BCUT2D eigenvalue weighted by molar-refractivity contribution is 7.83. The lowest BCUT2D eigenvalue weighted by atomic mass is 9.95. The van der Waals surface area contributed by atoms with Crippen LogP contribution in [-0.2, 0) is 53.4 Å². The van der Waals surface area contributed by atoms with Crippen molar-refractivity contribution in [2.45, 2.75) is 114 Å². The maximum Gasteiger partial charge on any atom is 0.397 e. The smallest absolute Gasteiger partial charge is 0.397 e. The van der Waals surface area contributed by atoms with E-state index in [0.717, 1.165) is 0 Å². The van der Waals surface area contributed by atoms with Crippen LogP contribution in [0.4, 0.5) is 0 Å². The largest absolute Gasteiger partial charge is 0.479 e. The first-order chi connectivity index (χ1) is 17.9. The van der Waals surface area contributed by atoms with Crippen LogP contribution in [0.15, 0.2) is 0 Å². The van der Waals surface area contributed by atoms with Crippen LogP contribution in [0.5, 0.6) is 0 Å². The van der Waals surface area contributed by atoms with Gasteiger partial charge in [0, 0.05) is 0 Å². The van der Waals surface area contributed by atoms with E-state index in [-0.39, 0.29) is 0 Å². The Morgan fingerprint density at radius 1 is 0.850 bits per heavy atom. The Labute approximate surface area is 231 Å². The zero-order valence-corrected chi connectivity index (χ0v) is 24.1. The molecule has 2 fully saturated rings. The SMILES string of the molecule is CC(C)(C)O[C@H]1OC(CO)[C@@H](O[C@@H]2OC(C(=O)O)[C@@H](OC(C)(C)C)[C@@H](O)C2OS(=O)(=O)O)[C@@H](O)C1NS(=O)(=O)O. The van der Waals surface area contributed by atoms with E-state index < -0.39 is 106 Å². The first-order valence-electron chi connectivity index (χ1n) is 11.8. The van der Waals surface area contributed by atoms with Crippen LogP contribution in [0.3, 0.4) is 0 Å². The molecular formula is C20H37NO17S2. The Hall–Kier alpha value is -1.11. The van der Waals surface area contributed by atoms with Gasteiger partial charge < -0.3 is 44.1 Å². The molecule has 2 saturated heterocycles. The quantitative estimate of drug-likeness (QED) is 0.124. The number of hydrogen-bond acceptors (Lipinski definition) is 14. The molecule has 0 aromatic carbocycles. The molecule has 2 heterocycles. The molecule has 0 amide bonds. The highest BCUT2D eigenvalue weighted by Gasteiger charge is 2.56. The number of nitrogens with one attached hydrogen (secondary N) is 1. The zero-order valence-electron chi connectivity index (χ0n) is 22.5. The summed E-state index contributed by atoms with van der Waals surface area (Å²) in [4.78, 5) is 12.0. The Balaban J connectivity index is 2.51. The molecule has 236 valence electrons. The molecule has 0 saturated carbocycles. The van der Waals surface area contributed by atoms with Gasteiger partial charge in [-0.1, -0.05) is 0 Å². The van der Waals surface area contributed by atoms with Gasteiger partial charge in [0.15, 0.2) is 24.8 Å². The van der Waals surface area contributed by atoms with Crippen molar-refractivity contribution >= 4 is 26.7 Å². The van der Waals surface area contributed by atoms with Crippen molar-refractivity contribution in [1.29, 1.82) is 0 Å². The van der Waals surface area contributed by atoms with E-state index in [1.165, 1.54) is 20.8 Å². The molecule has 0 radical (unpaired) electrons. The fourth-order valence-corrected chi connectivity index (χ4v) is 5.13. The van der Waals surface area contributed by atoms with Crippen molar-refractivity contribution in [3.8, 4) is 0 Å². The van der Waals surface area contributed by atoms with Crippen LogP contribution >= 0.6 is 0 Å². The summed E-state index contributed by atoms with van der Waals surface area (Å²) in [6.07, 6.45) is -17.4. The Bertz CT molecular complexity index is 1090. The summed E-state index contributed by atoms with van der Waals surface area (Å²) in [5, 5.41) is 41.6. The molecule has 4 unspecified atom stereocenters. The maximum absolute atomic E-state index is 12.0. The van der Waals surface area contributed by atoms with Gasteiger partial charge in [0.05, 0.1) is 17.8 Å². The van der Waals surface area contributed by atoms with Crippen molar-refractivity contribution in [1.82, 2.24) is 4.72 Å². The van der Waals surface area contributed by atoms with Crippen LogP contribution in [0, 0.1) is 0 Å². The number of aliphatic carboxylic acids is 1. The highest BCUT2D eigenvalue weighted by atomic mass is 32.3. The van der Waals surface area contributed by atoms with E-state index in [9.17, 15) is 51.2 Å². The van der Waals surface area contributed by atoms with Crippen LogP contribution < -0.4 is 4.72 Å². The normalized spacial score (nSPS) is 36.4. The first kappa shape index (κ1) is 35.1. The number of hydrogen-bond donors (Lipinski definition) is 7. The number of ether oxygens (including phenoxy) is 5. The fraction of sp³-hybridized carbons (Fsp3) is 0.950. The zero-order chi connectivity index (χ0) is 31.0. The topological polar surface area (TPSA) is 274 Å². The fourth-order valence-electron chi connectivity index (χ4n) is 4.05. The predicted octanol–water partition coefficient (Wildman–Crippen LogP) is -2.43. The van der Waals surface area contributed by atoms with Gasteiger partial charge in [-0.05, 0) is 41.5 Å². The van der Waals surface area contributed by atoms with Crippen molar-refractivity contribution in [3.63, 3.8) is 0 Å². The third-order valence-electron chi connectivity index (χ3n) is 5.39. The molecule has 18 nitrogen and oxygen atoms in total. The van der Waals surface area contributed by atoms with E-state index >= 15 is 0 Å². The summed E-state index contributed by atoms with van der Waals surface area (Å²) < 4.78 is 98.8. The minimum atomic E-state index is -5.34. The Kier molecular flexibility index (Phi) is 11.1. The molecule has 2 rings (SSSR count). The molecule has 40 heavy (non-hydrogen) atoms. The average molecular weight is 628 g/mol. The molecule has 2 aliphatic rings. The maximum atomic E-state index is 12.0. The van der Waals surface area contributed by atoms with Crippen LogP contribution in [0.1, 0.15) is 41.5 Å². The molecule has 7 N–H and O–H groups in total. The summed E-state index contributed by atoms with van der Waals surface area (Å²) >= 11 is 0. The molecule has 20 heteroatoms. The van der Waals surface area contributed by atoms with Gasteiger partial charge in [0.1, 0.15) is 36.6 Å². The average Bonchev–Trinajstić information content (AvgIpc) is 2.73. The molecule has 0 aliphatic carbocycles. The number of carboxylic acids is 1. The number of carboxylic acid groups (broad SMARTS) is 1.